The number of thioether (sulfide) groups is 1. The quantitative estimate of drug-likeness (QED) is 0.631. The second kappa shape index (κ2) is 5.33. The predicted octanol–water partition coefficient (Wildman–Crippen LogP) is 2.84. The highest BCUT2D eigenvalue weighted by Crippen LogP contribution is 2.31. The molecule has 0 N–H and O–H groups in total. The topological polar surface area (TPSA) is 50.6 Å². The number of aryl methyl sites for hydroxylation is 1. The second-order valence-corrected chi connectivity index (χ2v) is 5.28. The minimum atomic E-state index is -0.368. The molecule has 7 heteroatoms. The molecule has 1 aromatic carbocycles. The largest absolute Gasteiger partial charge is 0.431 e. The molecule has 2 aromatic rings. The van der Waals surface area contributed by atoms with E-state index in [1.54, 1.807) is 24.3 Å². The first-order valence-electron chi connectivity index (χ1n) is 6.27. The van der Waals surface area contributed by atoms with Gasteiger partial charge in [0.25, 0.3) is 0 Å². The van der Waals surface area contributed by atoms with Crippen LogP contribution in [-0.2, 0) is 0 Å². The first-order valence-corrected chi connectivity index (χ1v) is 7.49. The first kappa shape index (κ1) is 13.8. The van der Waals surface area contributed by atoms with Gasteiger partial charge in [-0.2, -0.15) is 4.98 Å². The van der Waals surface area contributed by atoms with Gasteiger partial charge in [-0.25, -0.2) is 14.4 Å². The van der Waals surface area contributed by atoms with Gasteiger partial charge in [0.05, 0.1) is 11.8 Å². The Hall–Kier alpha value is -2.15. The molecule has 0 bridgehead atoms. The fraction of sp³-hybridized carbons (Fsp3) is 0.214. The van der Waals surface area contributed by atoms with E-state index in [1.807, 2.05) is 19.2 Å². The third-order valence-electron chi connectivity index (χ3n) is 3.09. The molecule has 0 radical (unpaired) electrons. The number of hydrogen-bond acceptors (Lipinski definition) is 6. The van der Waals surface area contributed by atoms with Gasteiger partial charge in [0, 0.05) is 7.05 Å². The van der Waals surface area contributed by atoms with Crippen molar-refractivity contribution < 1.29 is 9.13 Å². The molecule has 0 spiro atoms. The number of anilines is 1. The maximum absolute atomic E-state index is 14.0. The molecule has 2 heterocycles. The van der Waals surface area contributed by atoms with Crippen molar-refractivity contribution in [2.24, 2.45) is 5.10 Å². The van der Waals surface area contributed by atoms with Crippen LogP contribution in [0.3, 0.4) is 0 Å². The lowest BCUT2D eigenvalue weighted by molar-refractivity contribution is 0.513. The van der Waals surface area contributed by atoms with Gasteiger partial charge in [0.15, 0.2) is 16.7 Å². The fourth-order valence-electron chi connectivity index (χ4n) is 2.06. The SMILES string of the molecule is CSc1ncc2c(n1)N(C)N=C(c1c(C)cccc1F)O2. The zero-order valence-corrected chi connectivity index (χ0v) is 12.6. The Morgan fingerprint density at radius 3 is 2.86 bits per heavy atom. The third kappa shape index (κ3) is 2.44. The van der Waals surface area contributed by atoms with Crippen molar-refractivity contribution in [2.45, 2.75) is 12.1 Å². The number of fused-ring (bicyclic) bond motifs is 1. The molecule has 108 valence electrons. The number of nitrogens with zero attached hydrogens (tertiary/aromatic N) is 4. The van der Waals surface area contributed by atoms with Gasteiger partial charge < -0.3 is 4.74 Å². The smallest absolute Gasteiger partial charge is 0.247 e. The molecular weight excluding hydrogens is 291 g/mol. The Balaban J connectivity index is 2.05. The Morgan fingerprint density at radius 1 is 1.33 bits per heavy atom. The van der Waals surface area contributed by atoms with E-state index in [4.69, 9.17) is 4.74 Å². The Morgan fingerprint density at radius 2 is 2.14 bits per heavy atom. The van der Waals surface area contributed by atoms with Gasteiger partial charge in [-0.3, -0.25) is 0 Å². The number of benzene rings is 1. The van der Waals surface area contributed by atoms with Gasteiger partial charge in [-0.15, -0.1) is 5.10 Å². The third-order valence-corrected chi connectivity index (χ3v) is 3.65. The summed E-state index contributed by atoms with van der Waals surface area (Å²) in [4.78, 5) is 8.51. The lowest BCUT2D eigenvalue weighted by Gasteiger charge is -2.24. The van der Waals surface area contributed by atoms with Crippen molar-refractivity contribution in [1.29, 1.82) is 0 Å². The summed E-state index contributed by atoms with van der Waals surface area (Å²) in [6.07, 6.45) is 3.47. The summed E-state index contributed by atoms with van der Waals surface area (Å²) in [5.41, 5.74) is 1.11. The summed E-state index contributed by atoms with van der Waals surface area (Å²) in [5.74, 6) is 0.864. The zero-order valence-electron chi connectivity index (χ0n) is 11.8. The van der Waals surface area contributed by atoms with Crippen molar-refractivity contribution in [2.75, 3.05) is 18.3 Å². The summed E-state index contributed by atoms with van der Waals surface area (Å²) in [6, 6.07) is 4.85. The lowest BCUT2D eigenvalue weighted by atomic mass is 10.1. The van der Waals surface area contributed by atoms with E-state index in [1.165, 1.54) is 17.8 Å². The molecule has 0 amide bonds. The summed E-state index contributed by atoms with van der Waals surface area (Å²) in [6.45, 7) is 1.81. The van der Waals surface area contributed by atoms with Crippen LogP contribution < -0.4 is 9.75 Å². The molecule has 5 nitrogen and oxygen atoms in total. The normalized spacial score (nSPS) is 13.5. The van der Waals surface area contributed by atoms with Crippen LogP contribution in [0, 0.1) is 12.7 Å². The number of hydrogen-bond donors (Lipinski definition) is 0. The van der Waals surface area contributed by atoms with Gasteiger partial charge in [-0.05, 0) is 24.8 Å². The lowest BCUT2D eigenvalue weighted by Crippen LogP contribution is -2.26. The molecule has 0 aliphatic carbocycles. The van der Waals surface area contributed by atoms with Crippen molar-refractivity contribution in [3.8, 4) is 5.75 Å². The van der Waals surface area contributed by atoms with Crippen LogP contribution in [0.15, 0.2) is 34.7 Å². The van der Waals surface area contributed by atoms with Crippen LogP contribution >= 0.6 is 11.8 Å². The molecular formula is C14H13FN4OS. The molecule has 21 heavy (non-hydrogen) atoms. The van der Waals surface area contributed by atoms with Gasteiger partial charge in [-0.1, -0.05) is 23.9 Å². The highest BCUT2D eigenvalue weighted by Gasteiger charge is 2.24. The molecule has 0 saturated heterocycles. The molecule has 0 saturated carbocycles. The van der Waals surface area contributed by atoms with Crippen molar-refractivity contribution in [3.05, 3.63) is 41.3 Å². The van der Waals surface area contributed by atoms with Gasteiger partial charge in [0.1, 0.15) is 5.82 Å². The molecule has 0 atom stereocenters. The van der Waals surface area contributed by atoms with Gasteiger partial charge >= 0.3 is 0 Å². The van der Waals surface area contributed by atoms with Gasteiger partial charge in [0.2, 0.25) is 5.90 Å². The molecule has 1 aliphatic heterocycles. The van der Waals surface area contributed by atoms with Crippen LogP contribution in [0.5, 0.6) is 5.75 Å². The number of aromatic nitrogens is 2. The van der Waals surface area contributed by atoms with Crippen molar-refractivity contribution in [1.82, 2.24) is 9.97 Å². The Labute approximate surface area is 125 Å². The maximum atomic E-state index is 14.0. The predicted molar refractivity (Wildman–Crippen MR) is 80.5 cm³/mol. The molecule has 1 aliphatic rings. The standard InChI is InChI=1S/C14H13FN4OS/c1-8-5-4-6-9(15)11(8)13-18-19(2)12-10(20-13)7-16-14(17-12)21-3/h4-7H,1-3H3. The molecule has 3 rings (SSSR count). The minimum Gasteiger partial charge on any atom is -0.431 e. The number of hydrazone groups is 1. The van der Waals surface area contributed by atoms with Crippen LogP contribution in [-0.4, -0.2) is 29.2 Å². The van der Waals surface area contributed by atoms with Crippen molar-refractivity contribution >= 4 is 23.5 Å². The fourth-order valence-corrected chi connectivity index (χ4v) is 2.40. The van der Waals surface area contributed by atoms with Crippen molar-refractivity contribution in [3.63, 3.8) is 0 Å². The van der Waals surface area contributed by atoms with Crippen LogP contribution in [0.1, 0.15) is 11.1 Å². The summed E-state index contributed by atoms with van der Waals surface area (Å²) >= 11 is 1.43. The van der Waals surface area contributed by atoms with Crippen LogP contribution in [0.2, 0.25) is 0 Å². The molecule has 1 aromatic heterocycles. The first-order chi connectivity index (χ1) is 10.1. The highest BCUT2D eigenvalue weighted by molar-refractivity contribution is 7.98. The van der Waals surface area contributed by atoms with E-state index in [0.29, 0.717) is 22.3 Å². The monoisotopic (exact) mass is 304 g/mol. The Bertz CT molecular complexity index is 715. The van der Waals surface area contributed by atoms with E-state index in [0.717, 1.165) is 5.56 Å². The maximum Gasteiger partial charge on any atom is 0.247 e. The van der Waals surface area contributed by atoms with E-state index in [9.17, 15) is 4.39 Å². The summed E-state index contributed by atoms with van der Waals surface area (Å²) in [5, 5.41) is 6.48. The average Bonchev–Trinajstić information content (AvgIpc) is 2.47. The van der Waals surface area contributed by atoms with E-state index in [2.05, 4.69) is 15.1 Å². The van der Waals surface area contributed by atoms with Crippen LogP contribution in [0.25, 0.3) is 0 Å². The van der Waals surface area contributed by atoms with E-state index >= 15 is 0 Å². The number of rotatable bonds is 2. The molecule has 0 fully saturated rings. The average molecular weight is 304 g/mol. The molecule has 0 unspecified atom stereocenters. The minimum absolute atomic E-state index is 0.209. The number of ether oxygens (including phenoxy) is 1. The number of halogens is 1. The summed E-state index contributed by atoms with van der Waals surface area (Å²) in [7, 11) is 1.74. The second-order valence-electron chi connectivity index (χ2n) is 4.51. The zero-order chi connectivity index (χ0) is 15.0. The highest BCUT2D eigenvalue weighted by atomic mass is 32.2. The van der Waals surface area contributed by atoms with E-state index in [-0.39, 0.29) is 11.7 Å². The van der Waals surface area contributed by atoms with E-state index < -0.39 is 0 Å². The van der Waals surface area contributed by atoms with Crippen LogP contribution in [0.4, 0.5) is 10.2 Å². The summed E-state index contributed by atoms with van der Waals surface area (Å²) < 4.78 is 19.7. The Kier molecular flexibility index (Phi) is 3.50.